The molecule has 362 valence electrons. The Morgan fingerprint density at radius 1 is 0.500 bits per heavy atom. The Kier molecular flexibility index (Phi) is 35.9. The maximum atomic E-state index is 12.8. The Morgan fingerprint density at radius 2 is 0.871 bits per heavy atom. The molecule has 1 aliphatic carbocycles. The fraction of sp³-hybridized carbons (Fsp3) is 0.833. The van der Waals surface area contributed by atoms with Crippen LogP contribution in [0.2, 0.25) is 0 Å². The normalized spacial score (nSPS) is 22.1. The monoisotopic (exact) mass is 903 g/mol. The van der Waals surface area contributed by atoms with Crippen molar-refractivity contribution in [3.05, 3.63) is 36.5 Å². The number of carbonyl (C=O) groups is 2. The van der Waals surface area contributed by atoms with Crippen molar-refractivity contribution in [1.82, 2.24) is 0 Å². The molecule has 0 saturated heterocycles. The number of aliphatic hydroxyl groups is 5. The summed E-state index contributed by atoms with van der Waals surface area (Å²) in [5.41, 5.74) is 0. The lowest BCUT2D eigenvalue weighted by molar-refractivity contribution is -0.220. The zero-order valence-electron chi connectivity index (χ0n) is 38.4. The number of phosphoric ester groups is 1. The number of esters is 2. The molecular weight excluding hydrogens is 815 g/mol. The smallest absolute Gasteiger partial charge is 0.462 e. The van der Waals surface area contributed by atoms with E-state index in [2.05, 4.69) is 50.3 Å². The number of ether oxygens (including phenoxy) is 2. The first-order chi connectivity index (χ1) is 29.9. The van der Waals surface area contributed by atoms with E-state index in [0.29, 0.717) is 12.8 Å². The standard InChI is InChI=1S/C48H87O13P/c1-3-5-7-9-11-13-15-17-18-19-20-21-22-23-24-25-27-29-31-33-35-37-42(50)60-40(38-58-41(49)36-34-32-30-28-26-16-14-12-10-8-6-4-2)39-59-62(56,57)61-48-46(54)44(52)43(51)45(53)47(48)55/h12,14-15,17,19-20,40,43-48,51-55H,3-11,13,16,18,21-39H2,1-2H3,(H,56,57)/b14-12-,17-15-,20-19-. The predicted molar refractivity (Wildman–Crippen MR) is 244 cm³/mol. The fourth-order valence-corrected chi connectivity index (χ4v) is 8.23. The number of allylic oxidation sites excluding steroid dienone is 6. The van der Waals surface area contributed by atoms with Crippen molar-refractivity contribution in [1.29, 1.82) is 0 Å². The van der Waals surface area contributed by atoms with Crippen molar-refractivity contribution in [3.8, 4) is 0 Å². The first-order valence-corrected chi connectivity index (χ1v) is 25.8. The highest BCUT2D eigenvalue weighted by atomic mass is 31.2. The number of phosphoric acid groups is 1. The summed E-state index contributed by atoms with van der Waals surface area (Å²) in [5.74, 6) is -1.11. The lowest BCUT2D eigenvalue weighted by Gasteiger charge is -2.41. The van der Waals surface area contributed by atoms with Gasteiger partial charge in [-0.05, 0) is 70.6 Å². The summed E-state index contributed by atoms with van der Waals surface area (Å²) in [4.78, 5) is 35.7. The molecule has 1 fully saturated rings. The van der Waals surface area contributed by atoms with Crippen molar-refractivity contribution in [2.45, 2.75) is 243 Å². The second-order valence-electron chi connectivity index (χ2n) is 17.0. The number of carbonyl (C=O) groups excluding carboxylic acids is 2. The molecule has 13 nitrogen and oxygen atoms in total. The molecule has 0 spiro atoms. The number of rotatable bonds is 40. The van der Waals surface area contributed by atoms with Crippen LogP contribution in [0.25, 0.3) is 0 Å². The van der Waals surface area contributed by atoms with Gasteiger partial charge in [0.2, 0.25) is 0 Å². The number of unbranched alkanes of at least 4 members (excludes halogenated alkanes) is 22. The largest absolute Gasteiger partial charge is 0.472 e. The molecule has 0 aliphatic heterocycles. The van der Waals surface area contributed by atoms with Crippen LogP contribution in [0, 0.1) is 0 Å². The molecule has 0 amide bonds. The average molecular weight is 903 g/mol. The van der Waals surface area contributed by atoms with Gasteiger partial charge in [0.05, 0.1) is 6.61 Å². The van der Waals surface area contributed by atoms with Crippen LogP contribution in [0.1, 0.15) is 200 Å². The van der Waals surface area contributed by atoms with Crippen LogP contribution in [-0.4, -0.2) is 98.3 Å². The average Bonchev–Trinajstić information content (AvgIpc) is 3.25. The molecule has 14 heteroatoms. The minimum absolute atomic E-state index is 0.0906. The summed E-state index contributed by atoms with van der Waals surface area (Å²) < 4.78 is 33.5. The lowest BCUT2D eigenvalue weighted by Crippen LogP contribution is -2.64. The first-order valence-electron chi connectivity index (χ1n) is 24.3. The van der Waals surface area contributed by atoms with Gasteiger partial charge in [-0.1, -0.05) is 153 Å². The van der Waals surface area contributed by atoms with E-state index in [1.54, 1.807) is 0 Å². The van der Waals surface area contributed by atoms with E-state index >= 15 is 0 Å². The lowest BCUT2D eigenvalue weighted by atomic mass is 9.85. The number of hydrogen-bond donors (Lipinski definition) is 6. The van der Waals surface area contributed by atoms with Crippen molar-refractivity contribution >= 4 is 19.8 Å². The Morgan fingerprint density at radius 3 is 1.35 bits per heavy atom. The van der Waals surface area contributed by atoms with E-state index in [1.165, 1.54) is 83.5 Å². The molecule has 1 rings (SSSR count). The van der Waals surface area contributed by atoms with Crippen LogP contribution in [0.4, 0.5) is 0 Å². The van der Waals surface area contributed by atoms with Gasteiger partial charge in [0, 0.05) is 12.8 Å². The Balaban J connectivity index is 2.41. The second kappa shape index (κ2) is 38.3. The van der Waals surface area contributed by atoms with Gasteiger partial charge in [-0.25, -0.2) is 4.57 Å². The maximum absolute atomic E-state index is 12.8. The number of hydrogen-bond acceptors (Lipinski definition) is 12. The maximum Gasteiger partial charge on any atom is 0.472 e. The van der Waals surface area contributed by atoms with Crippen molar-refractivity contribution in [2.24, 2.45) is 0 Å². The van der Waals surface area contributed by atoms with E-state index in [9.17, 15) is 44.6 Å². The Hall–Kier alpha value is -1.93. The molecule has 0 heterocycles. The van der Waals surface area contributed by atoms with Gasteiger partial charge in [0.15, 0.2) is 6.10 Å². The van der Waals surface area contributed by atoms with E-state index in [-0.39, 0.29) is 12.8 Å². The third kappa shape index (κ3) is 30.3. The molecule has 6 unspecified atom stereocenters. The van der Waals surface area contributed by atoms with Gasteiger partial charge >= 0.3 is 19.8 Å². The quantitative estimate of drug-likeness (QED) is 0.0147. The molecule has 0 aromatic rings. The van der Waals surface area contributed by atoms with Gasteiger partial charge in [0.1, 0.15) is 43.2 Å². The van der Waals surface area contributed by atoms with E-state index in [0.717, 1.165) is 77.0 Å². The fourth-order valence-electron chi connectivity index (χ4n) is 7.25. The number of aliphatic hydroxyl groups excluding tert-OH is 5. The summed E-state index contributed by atoms with van der Waals surface area (Å²) in [6, 6.07) is 0. The molecule has 62 heavy (non-hydrogen) atoms. The van der Waals surface area contributed by atoms with E-state index in [4.69, 9.17) is 18.5 Å². The molecule has 6 atom stereocenters. The van der Waals surface area contributed by atoms with Crippen LogP contribution in [-0.2, 0) is 32.7 Å². The van der Waals surface area contributed by atoms with Crippen LogP contribution >= 0.6 is 7.82 Å². The molecular formula is C48H87O13P. The minimum atomic E-state index is -5.12. The highest BCUT2D eigenvalue weighted by molar-refractivity contribution is 7.47. The summed E-state index contributed by atoms with van der Waals surface area (Å²) in [5, 5.41) is 50.2. The zero-order chi connectivity index (χ0) is 45.7. The molecule has 6 N–H and O–H groups in total. The molecule has 0 aromatic heterocycles. The third-order valence-electron chi connectivity index (χ3n) is 11.2. The van der Waals surface area contributed by atoms with Crippen LogP contribution in [0.15, 0.2) is 36.5 Å². The topological polar surface area (TPSA) is 210 Å². The summed E-state index contributed by atoms with van der Waals surface area (Å²) >= 11 is 0. The summed E-state index contributed by atoms with van der Waals surface area (Å²) in [6.07, 6.45) is 30.5. The third-order valence-corrected chi connectivity index (χ3v) is 12.2. The summed E-state index contributed by atoms with van der Waals surface area (Å²) in [6.45, 7) is 3.26. The van der Waals surface area contributed by atoms with Gasteiger partial charge in [-0.3, -0.25) is 18.6 Å². The highest BCUT2D eigenvalue weighted by Crippen LogP contribution is 2.47. The Bertz CT molecular complexity index is 1230. The van der Waals surface area contributed by atoms with Crippen molar-refractivity contribution < 1.29 is 63.1 Å². The van der Waals surface area contributed by atoms with Crippen molar-refractivity contribution in [2.75, 3.05) is 13.2 Å². The SMILES string of the molecule is CCCCC/C=C\CCCCCCCC(=O)OCC(COP(=O)(O)OC1C(O)C(O)C(O)C(O)C1O)OC(=O)CCCCCCCCCCC/C=C\C/C=C\CCCCCCC. The highest BCUT2D eigenvalue weighted by Gasteiger charge is 2.51. The minimum Gasteiger partial charge on any atom is -0.462 e. The molecule has 1 saturated carbocycles. The van der Waals surface area contributed by atoms with E-state index in [1.807, 2.05) is 0 Å². The van der Waals surface area contributed by atoms with E-state index < -0.39 is 75.7 Å². The van der Waals surface area contributed by atoms with Crippen LogP contribution in [0.3, 0.4) is 0 Å². The molecule has 1 aliphatic rings. The van der Waals surface area contributed by atoms with Gasteiger partial charge < -0.3 is 39.9 Å². The van der Waals surface area contributed by atoms with Crippen molar-refractivity contribution in [3.63, 3.8) is 0 Å². The van der Waals surface area contributed by atoms with Crippen LogP contribution < -0.4 is 0 Å². The van der Waals surface area contributed by atoms with Gasteiger partial charge in [0.25, 0.3) is 0 Å². The molecule has 0 aromatic carbocycles. The van der Waals surface area contributed by atoms with Gasteiger partial charge in [-0.2, -0.15) is 0 Å². The van der Waals surface area contributed by atoms with Gasteiger partial charge in [-0.15, -0.1) is 0 Å². The zero-order valence-corrected chi connectivity index (χ0v) is 39.3. The molecule has 0 radical (unpaired) electrons. The second-order valence-corrected chi connectivity index (χ2v) is 18.4. The summed E-state index contributed by atoms with van der Waals surface area (Å²) in [7, 11) is -5.12. The van der Waals surface area contributed by atoms with Crippen LogP contribution in [0.5, 0.6) is 0 Å². The predicted octanol–water partition coefficient (Wildman–Crippen LogP) is 9.78. The first kappa shape index (κ1) is 58.1. The molecule has 0 bridgehead atoms. The Labute approximate surface area is 374 Å².